The highest BCUT2D eigenvalue weighted by atomic mass is 32.2. The predicted molar refractivity (Wildman–Crippen MR) is 86.2 cm³/mol. The van der Waals surface area contributed by atoms with Gasteiger partial charge in [0.2, 0.25) is 0 Å². The Bertz CT molecular complexity index is 493. The second kappa shape index (κ2) is 7.50. The van der Waals surface area contributed by atoms with Crippen LogP contribution in [-0.4, -0.2) is 22.0 Å². The molecular weight excluding hydrogens is 285 g/mol. The maximum Gasteiger partial charge on any atom is 0.139 e. The first kappa shape index (κ1) is 16.6. The van der Waals surface area contributed by atoms with Crippen molar-refractivity contribution in [3.05, 3.63) is 30.1 Å². The zero-order valence-corrected chi connectivity index (χ0v) is 14.0. The number of rotatable bonds is 5. The van der Waals surface area contributed by atoms with Crippen molar-refractivity contribution in [2.45, 2.75) is 56.2 Å². The highest BCUT2D eigenvalue weighted by Gasteiger charge is 2.38. The van der Waals surface area contributed by atoms with Gasteiger partial charge in [0.25, 0.3) is 0 Å². The second-order valence-electron chi connectivity index (χ2n) is 6.31. The van der Waals surface area contributed by atoms with Crippen molar-refractivity contribution in [2.75, 3.05) is 6.54 Å². The van der Waals surface area contributed by atoms with Crippen LogP contribution in [0.3, 0.4) is 0 Å². The van der Waals surface area contributed by atoms with E-state index in [4.69, 9.17) is 0 Å². The largest absolute Gasteiger partial charge is 0.313 e. The Hall–Kier alpha value is -0.740. The van der Waals surface area contributed by atoms with E-state index in [1.165, 1.54) is 6.07 Å². The van der Waals surface area contributed by atoms with Crippen molar-refractivity contribution in [1.82, 2.24) is 5.32 Å². The van der Waals surface area contributed by atoms with E-state index in [0.29, 0.717) is 16.7 Å². The molecule has 5 atom stereocenters. The molecule has 1 aromatic carbocycles. The summed E-state index contributed by atoms with van der Waals surface area (Å²) in [4.78, 5) is 0.354. The summed E-state index contributed by atoms with van der Waals surface area (Å²) in [6.07, 6.45) is 3.14. The Balaban J connectivity index is 2.24. The molecule has 0 spiro atoms. The lowest BCUT2D eigenvalue weighted by atomic mass is 9.80. The normalized spacial score (nSPS) is 31.0. The molecule has 1 aromatic rings. The Kier molecular flexibility index (Phi) is 5.94. The molecule has 2 nitrogen and oxygen atoms in total. The van der Waals surface area contributed by atoms with E-state index in [2.05, 4.69) is 26.1 Å². The first-order valence-corrected chi connectivity index (χ1v) is 9.14. The molecule has 0 saturated heterocycles. The quantitative estimate of drug-likeness (QED) is 0.897. The molecule has 5 unspecified atom stereocenters. The molecule has 0 heterocycles. The Morgan fingerprint density at radius 1 is 1.29 bits per heavy atom. The van der Waals surface area contributed by atoms with Crippen LogP contribution in [0.25, 0.3) is 0 Å². The van der Waals surface area contributed by atoms with Gasteiger partial charge >= 0.3 is 0 Å². The molecule has 1 aliphatic rings. The molecule has 0 radical (unpaired) electrons. The molecule has 0 aromatic heterocycles. The molecule has 1 fully saturated rings. The van der Waals surface area contributed by atoms with Crippen LogP contribution in [0, 0.1) is 17.7 Å². The van der Waals surface area contributed by atoms with Gasteiger partial charge in [0.15, 0.2) is 0 Å². The van der Waals surface area contributed by atoms with Gasteiger partial charge in [-0.1, -0.05) is 32.9 Å². The molecule has 2 rings (SSSR count). The zero-order valence-electron chi connectivity index (χ0n) is 13.1. The van der Waals surface area contributed by atoms with E-state index in [-0.39, 0.29) is 17.1 Å². The summed E-state index contributed by atoms with van der Waals surface area (Å²) in [6.45, 7) is 7.46. The number of hydrogen-bond acceptors (Lipinski definition) is 2. The van der Waals surface area contributed by atoms with Crippen molar-refractivity contribution in [2.24, 2.45) is 11.8 Å². The summed E-state index contributed by atoms with van der Waals surface area (Å²) >= 11 is 0. The van der Waals surface area contributed by atoms with Gasteiger partial charge in [-0.15, -0.1) is 0 Å². The molecular formula is C17H26FNOS. The fourth-order valence-electron chi connectivity index (χ4n) is 3.47. The monoisotopic (exact) mass is 311 g/mol. The first-order valence-electron chi connectivity index (χ1n) is 7.93. The van der Waals surface area contributed by atoms with Crippen molar-refractivity contribution in [3.63, 3.8) is 0 Å². The molecule has 1 aliphatic carbocycles. The van der Waals surface area contributed by atoms with E-state index in [1.807, 2.05) is 0 Å². The van der Waals surface area contributed by atoms with Gasteiger partial charge in [-0.3, -0.25) is 4.21 Å². The van der Waals surface area contributed by atoms with E-state index in [9.17, 15) is 8.60 Å². The smallest absolute Gasteiger partial charge is 0.139 e. The van der Waals surface area contributed by atoms with Crippen molar-refractivity contribution >= 4 is 10.8 Å². The summed E-state index contributed by atoms with van der Waals surface area (Å²) in [7, 11) is -1.30. The third-order valence-corrected chi connectivity index (χ3v) is 6.40. The highest BCUT2D eigenvalue weighted by Crippen LogP contribution is 2.34. The van der Waals surface area contributed by atoms with Crippen molar-refractivity contribution < 1.29 is 8.60 Å². The average Bonchev–Trinajstić information content (AvgIpc) is 2.44. The van der Waals surface area contributed by atoms with Crippen LogP contribution in [0.4, 0.5) is 4.39 Å². The van der Waals surface area contributed by atoms with E-state index in [1.54, 1.807) is 18.2 Å². The van der Waals surface area contributed by atoms with Gasteiger partial charge in [-0.25, -0.2) is 4.39 Å². The van der Waals surface area contributed by atoms with Gasteiger partial charge in [-0.2, -0.15) is 0 Å². The van der Waals surface area contributed by atoms with Crippen LogP contribution < -0.4 is 5.32 Å². The van der Waals surface area contributed by atoms with Crippen LogP contribution in [0.15, 0.2) is 29.2 Å². The van der Waals surface area contributed by atoms with Crippen LogP contribution >= 0.6 is 0 Å². The predicted octanol–water partition coefficient (Wildman–Crippen LogP) is 3.74. The molecule has 118 valence electrons. The molecule has 0 bridgehead atoms. The Labute approximate surface area is 130 Å². The SMILES string of the molecule is CCCNC1CC(C)CC(C)C1S(=O)c1ccccc1F. The summed E-state index contributed by atoms with van der Waals surface area (Å²) in [5, 5.41) is 3.53. The Morgan fingerprint density at radius 2 is 2.00 bits per heavy atom. The summed E-state index contributed by atoms with van der Waals surface area (Å²) in [5.41, 5.74) is 0. The van der Waals surface area contributed by atoms with Crippen LogP contribution in [-0.2, 0) is 10.8 Å². The van der Waals surface area contributed by atoms with Crippen molar-refractivity contribution in [3.8, 4) is 0 Å². The Morgan fingerprint density at radius 3 is 2.67 bits per heavy atom. The van der Waals surface area contributed by atoms with E-state index >= 15 is 0 Å². The minimum atomic E-state index is -1.30. The van der Waals surface area contributed by atoms with Gasteiger partial charge < -0.3 is 5.32 Å². The van der Waals surface area contributed by atoms with Gasteiger partial charge in [-0.05, 0) is 49.8 Å². The lowest BCUT2D eigenvalue weighted by Gasteiger charge is -2.39. The highest BCUT2D eigenvalue weighted by molar-refractivity contribution is 7.85. The average molecular weight is 311 g/mol. The first-order chi connectivity index (χ1) is 10.0. The van der Waals surface area contributed by atoms with Crippen molar-refractivity contribution in [1.29, 1.82) is 0 Å². The standard InChI is InChI=1S/C17H26FNOS/c1-4-9-19-15-11-12(2)10-13(3)17(15)21(20)16-8-6-5-7-14(16)18/h5-8,12-13,15,17,19H,4,9-11H2,1-3H3. The topological polar surface area (TPSA) is 29.1 Å². The molecule has 1 N–H and O–H groups in total. The fourth-order valence-corrected chi connectivity index (χ4v) is 5.28. The number of halogens is 1. The lowest BCUT2D eigenvalue weighted by molar-refractivity contribution is 0.245. The maximum atomic E-state index is 14.0. The lowest BCUT2D eigenvalue weighted by Crippen LogP contribution is -2.50. The molecule has 0 aliphatic heterocycles. The molecule has 0 amide bonds. The maximum absolute atomic E-state index is 14.0. The molecule has 4 heteroatoms. The summed E-state index contributed by atoms with van der Waals surface area (Å²) in [6, 6.07) is 6.69. The minimum absolute atomic E-state index is 0.00958. The van der Waals surface area contributed by atoms with Gasteiger partial charge in [0.05, 0.1) is 20.9 Å². The van der Waals surface area contributed by atoms with Crippen LogP contribution in [0.1, 0.15) is 40.0 Å². The second-order valence-corrected chi connectivity index (χ2v) is 7.89. The third kappa shape index (κ3) is 3.92. The third-order valence-electron chi connectivity index (χ3n) is 4.34. The van der Waals surface area contributed by atoms with Gasteiger partial charge in [0, 0.05) is 6.04 Å². The fraction of sp³-hybridized carbons (Fsp3) is 0.647. The minimum Gasteiger partial charge on any atom is -0.313 e. The number of nitrogens with one attached hydrogen (secondary N) is 1. The summed E-state index contributed by atoms with van der Waals surface area (Å²) < 4.78 is 26.9. The van der Waals surface area contributed by atoms with E-state index in [0.717, 1.165) is 25.8 Å². The molecule has 1 saturated carbocycles. The van der Waals surface area contributed by atoms with Crippen LogP contribution in [0.2, 0.25) is 0 Å². The number of benzene rings is 1. The zero-order chi connectivity index (χ0) is 15.4. The van der Waals surface area contributed by atoms with E-state index < -0.39 is 10.8 Å². The molecule has 21 heavy (non-hydrogen) atoms. The summed E-state index contributed by atoms with van der Waals surface area (Å²) in [5.74, 6) is 0.614. The van der Waals surface area contributed by atoms with Gasteiger partial charge in [0.1, 0.15) is 5.82 Å². The van der Waals surface area contributed by atoms with Crippen LogP contribution in [0.5, 0.6) is 0 Å². The number of hydrogen-bond donors (Lipinski definition) is 1.